The van der Waals surface area contributed by atoms with Crippen LogP contribution < -0.4 is 5.32 Å². The van der Waals surface area contributed by atoms with Gasteiger partial charge in [0.15, 0.2) is 16.9 Å². The molecule has 2 heterocycles. The molecule has 0 aromatic carbocycles. The van der Waals surface area contributed by atoms with Crippen molar-refractivity contribution < 1.29 is 57.8 Å². The maximum Gasteiger partial charge on any atom is 0.256 e. The first-order valence-electron chi connectivity index (χ1n) is 33.3. The maximum atomic E-state index is 15.4. The lowest BCUT2D eigenvalue weighted by Gasteiger charge is -2.41. The number of ketones is 3. The Bertz CT molecular complexity index is 2690. The van der Waals surface area contributed by atoms with E-state index in [1.165, 1.54) is 84.9 Å². The highest BCUT2D eigenvalue weighted by Gasteiger charge is 2.47. The molecule has 0 radical (unpaired) electrons. The number of pyridine rings is 1. The second-order valence-corrected chi connectivity index (χ2v) is 29.5. The van der Waals surface area contributed by atoms with Gasteiger partial charge < -0.3 is 44.7 Å². The molecule has 21 nitrogen and oxygen atoms in total. The van der Waals surface area contributed by atoms with Crippen LogP contribution in [0.4, 0.5) is 0 Å². The summed E-state index contributed by atoms with van der Waals surface area (Å²) < 4.78 is 0. The van der Waals surface area contributed by atoms with E-state index in [1.54, 1.807) is 65.8 Å². The quantitative estimate of drug-likeness (QED) is 0.140. The molecule has 0 unspecified atom stereocenters. The molecule has 0 saturated carbocycles. The molecule has 13 atom stereocenters. The summed E-state index contributed by atoms with van der Waals surface area (Å²) in [6, 6.07) is -3.49. The summed E-state index contributed by atoms with van der Waals surface area (Å²) in [5.74, 6) is -11.1. The first kappa shape index (κ1) is 82.1. The van der Waals surface area contributed by atoms with Gasteiger partial charge in [0.25, 0.3) is 5.91 Å². The first-order chi connectivity index (χ1) is 42.7. The minimum atomic E-state index is -1.64. The number of aliphatic hydroxyl groups is 1. The number of nitrogens with one attached hydrogen (secondary N) is 1. The molecule has 2 rings (SSSR count). The van der Waals surface area contributed by atoms with Crippen LogP contribution >= 0.6 is 11.8 Å². The standard InChI is InChI=1S/C70H117N9O12S/c1-25-27-30-46(15)61(83)60-62(84)72-50(26-2)65(87)79(24)70(92-58-31-28-29-32-71-58)69(91)74(19)52(34-41(5)6)57(82)39-49(44(11)12)64(86)73(18)51(33-40(3)4)56(81)37-47(16)55(80)38-48(17)63(85)75(20)53(35-42(7)8)66(88)76(21)54(36-43(9)10)67(89)77(22)59(45(13)14)68(90)78(60)23/h25,27-29,31-32,40-54,59-61,70,83H,26,30,33-39H2,1-24H3,(H,72,84)/b27-25+/t46-,47-,48+,49+,50+,51+,52+,53+,54+,59+,60+,61-,70-/m1/s1. The Kier molecular flexibility index (Phi) is 33.7. The summed E-state index contributed by atoms with van der Waals surface area (Å²) in [5, 5.41) is 14.1. The fourth-order valence-corrected chi connectivity index (χ4v) is 13.2. The maximum absolute atomic E-state index is 15.4. The minimum absolute atomic E-state index is 0.0147. The number of hydrogen-bond donors (Lipinski definition) is 2. The van der Waals surface area contributed by atoms with Crippen LogP contribution in [-0.4, -0.2) is 212 Å². The van der Waals surface area contributed by atoms with E-state index in [0.29, 0.717) is 11.4 Å². The smallest absolute Gasteiger partial charge is 0.256 e. The average molecular weight is 1310 g/mol. The van der Waals surface area contributed by atoms with Gasteiger partial charge in [-0.1, -0.05) is 141 Å². The van der Waals surface area contributed by atoms with Gasteiger partial charge in [0.1, 0.15) is 36.0 Å². The molecular weight excluding hydrogens is 1190 g/mol. The molecule has 1 aromatic rings. The van der Waals surface area contributed by atoms with E-state index in [0.717, 1.165) is 16.7 Å². The minimum Gasteiger partial charge on any atom is -0.390 e. The van der Waals surface area contributed by atoms with Crippen molar-refractivity contribution in [3.63, 3.8) is 0 Å². The van der Waals surface area contributed by atoms with E-state index < -0.39 is 142 Å². The molecule has 1 aliphatic heterocycles. The van der Waals surface area contributed by atoms with E-state index in [2.05, 4.69) is 10.3 Å². The Morgan fingerprint density at radius 1 is 0.522 bits per heavy atom. The molecule has 1 fully saturated rings. The zero-order valence-electron chi connectivity index (χ0n) is 60.2. The largest absolute Gasteiger partial charge is 0.390 e. The summed E-state index contributed by atoms with van der Waals surface area (Å²) in [4.78, 5) is 178. The van der Waals surface area contributed by atoms with E-state index in [4.69, 9.17) is 0 Å². The number of carbonyl (C=O) groups excluding carboxylic acids is 11. The summed E-state index contributed by atoms with van der Waals surface area (Å²) >= 11 is 0.955. The summed E-state index contributed by atoms with van der Waals surface area (Å²) in [6.07, 6.45) is 3.88. The van der Waals surface area contributed by atoms with Crippen molar-refractivity contribution >= 4 is 76.4 Å². The van der Waals surface area contributed by atoms with Gasteiger partial charge in [0.2, 0.25) is 41.4 Å². The summed E-state index contributed by atoms with van der Waals surface area (Å²) in [7, 11) is 10.2. The third-order valence-electron chi connectivity index (χ3n) is 18.0. The third kappa shape index (κ3) is 22.6. The van der Waals surface area contributed by atoms with Crippen LogP contribution in [0, 0.1) is 59.2 Å². The van der Waals surface area contributed by atoms with Gasteiger partial charge in [0.05, 0.1) is 23.2 Å². The highest BCUT2D eigenvalue weighted by Crippen LogP contribution is 2.32. The Hall–Kier alpha value is -6.03. The van der Waals surface area contributed by atoms with Crippen LogP contribution in [0.25, 0.3) is 0 Å². The van der Waals surface area contributed by atoms with Crippen LogP contribution in [0.2, 0.25) is 0 Å². The lowest BCUT2D eigenvalue weighted by atomic mass is 9.84. The molecule has 92 heavy (non-hydrogen) atoms. The van der Waals surface area contributed by atoms with Crippen LogP contribution in [0.15, 0.2) is 41.6 Å². The topological polar surface area (TPSA) is 256 Å². The van der Waals surface area contributed by atoms with Gasteiger partial charge in [-0.15, -0.1) is 0 Å². The predicted octanol–water partition coefficient (Wildman–Crippen LogP) is 8.05. The first-order valence-corrected chi connectivity index (χ1v) is 34.2. The molecule has 22 heteroatoms. The van der Waals surface area contributed by atoms with Crippen LogP contribution in [0.5, 0.6) is 0 Å². The highest BCUT2D eigenvalue weighted by molar-refractivity contribution is 8.00. The van der Waals surface area contributed by atoms with Gasteiger partial charge in [-0.2, -0.15) is 0 Å². The fraction of sp³-hybridized carbons (Fsp3) is 0.743. The van der Waals surface area contributed by atoms with Crippen LogP contribution in [0.3, 0.4) is 0 Å². The van der Waals surface area contributed by atoms with E-state index in [1.807, 2.05) is 82.2 Å². The second-order valence-electron chi connectivity index (χ2n) is 28.4. The van der Waals surface area contributed by atoms with Crippen molar-refractivity contribution in [2.24, 2.45) is 59.2 Å². The Labute approximate surface area is 555 Å². The van der Waals surface area contributed by atoms with E-state index >= 15 is 33.6 Å². The van der Waals surface area contributed by atoms with E-state index in [-0.39, 0.29) is 86.6 Å². The Morgan fingerprint density at radius 2 is 0.967 bits per heavy atom. The van der Waals surface area contributed by atoms with Crippen molar-refractivity contribution in [1.29, 1.82) is 0 Å². The van der Waals surface area contributed by atoms with Gasteiger partial charge in [-0.05, 0) is 99.0 Å². The molecule has 520 valence electrons. The highest BCUT2D eigenvalue weighted by atomic mass is 32.2. The number of aliphatic hydroxyl groups excluding tert-OH is 1. The number of allylic oxidation sites excluding steroid dienone is 2. The second kappa shape index (κ2) is 37.8. The Balaban J connectivity index is 3.12. The van der Waals surface area contributed by atoms with Crippen molar-refractivity contribution in [3.05, 3.63) is 36.5 Å². The van der Waals surface area contributed by atoms with Crippen molar-refractivity contribution in [2.45, 2.75) is 234 Å². The summed E-state index contributed by atoms with van der Waals surface area (Å²) in [6.45, 7) is 30.7. The SMILES string of the molecule is C/C=C/C[C@@H](C)[C@@H](O)[C@H]1C(=O)N[C@@H](CC)C(=O)N(C)[C@H](Sc2ccccn2)C(=O)N(C)[C@@H](CC(C)C)C(=O)C[C@@H](C(C)C)C(=O)N(C)[C@@H](CC(C)C)C(=O)C[C@@H](C)C(=O)C[C@H](C)C(=O)N(C)[C@@H](CC(C)C)C(=O)N(C)[C@@H](CC(C)C)C(=O)N(C)[C@@H](C(C)C)C(=O)N1C. The van der Waals surface area contributed by atoms with Crippen molar-refractivity contribution in [2.75, 3.05) is 49.3 Å². The zero-order valence-corrected chi connectivity index (χ0v) is 61.0. The molecule has 1 aromatic heterocycles. The zero-order chi connectivity index (χ0) is 70.7. The molecule has 0 aliphatic carbocycles. The number of Topliss-reactive ketones (excluding diaryl/α,β-unsaturated/α-hetero) is 3. The van der Waals surface area contributed by atoms with Crippen molar-refractivity contribution in [3.8, 4) is 0 Å². The number of aromatic nitrogens is 1. The lowest BCUT2D eigenvalue weighted by Crippen LogP contribution is -2.63. The molecule has 1 aliphatic rings. The number of nitrogens with zero attached hydrogens (tertiary/aromatic N) is 8. The van der Waals surface area contributed by atoms with Crippen LogP contribution in [-0.2, 0) is 52.7 Å². The normalized spacial score (nSPS) is 26.8. The number of rotatable bonds is 17. The Morgan fingerprint density at radius 3 is 1.42 bits per heavy atom. The van der Waals surface area contributed by atoms with Gasteiger partial charge in [-0.25, -0.2) is 4.98 Å². The fourth-order valence-electron chi connectivity index (χ4n) is 12.1. The van der Waals surface area contributed by atoms with Gasteiger partial charge >= 0.3 is 0 Å². The number of hydrogen-bond acceptors (Lipinski definition) is 14. The molecule has 8 amide bonds. The third-order valence-corrected chi connectivity index (χ3v) is 19.2. The predicted molar refractivity (Wildman–Crippen MR) is 361 cm³/mol. The molecule has 2 N–H and O–H groups in total. The van der Waals surface area contributed by atoms with Gasteiger partial charge in [0, 0.05) is 92.5 Å². The molecule has 0 spiro atoms. The number of likely N-dealkylation sites (N-methyl/N-ethyl adjacent to an activating group) is 7. The molecule has 0 bridgehead atoms. The molecule has 1 saturated heterocycles. The average Bonchev–Trinajstić information content (AvgIpc) is 0.814. The van der Waals surface area contributed by atoms with Gasteiger partial charge in [-0.3, -0.25) is 52.7 Å². The monoisotopic (exact) mass is 1310 g/mol. The summed E-state index contributed by atoms with van der Waals surface area (Å²) in [5.41, 5.74) is 0. The van der Waals surface area contributed by atoms with Crippen molar-refractivity contribution in [1.82, 2.24) is 44.6 Å². The number of amides is 8. The molecular formula is C70H117N9O12S. The van der Waals surface area contributed by atoms with E-state index in [9.17, 15) is 24.3 Å². The number of carbonyl (C=O) groups is 11. The lowest BCUT2D eigenvalue weighted by molar-refractivity contribution is -0.157. The number of thioether (sulfide) groups is 1. The van der Waals surface area contributed by atoms with Crippen LogP contribution in [0.1, 0.15) is 175 Å².